The summed E-state index contributed by atoms with van der Waals surface area (Å²) >= 11 is 0. The molecule has 0 radical (unpaired) electrons. The van der Waals surface area contributed by atoms with Crippen molar-refractivity contribution < 1.29 is 4.39 Å². The van der Waals surface area contributed by atoms with Crippen molar-refractivity contribution in [1.29, 1.82) is 0 Å². The molecule has 1 aromatic rings. The molecule has 3 nitrogen and oxygen atoms in total. The first-order valence-electron chi connectivity index (χ1n) is 7.00. The van der Waals surface area contributed by atoms with Crippen molar-refractivity contribution in [2.45, 2.75) is 19.5 Å². The molecule has 1 unspecified atom stereocenters. The third kappa shape index (κ3) is 3.80. The normalized spacial score (nSPS) is 20.5. The van der Waals surface area contributed by atoms with E-state index in [2.05, 4.69) is 35.6 Å². The topological polar surface area (TPSA) is 32.5 Å². The van der Waals surface area contributed by atoms with Gasteiger partial charge < -0.3 is 10.6 Å². The van der Waals surface area contributed by atoms with E-state index in [-0.39, 0.29) is 12.4 Å². The summed E-state index contributed by atoms with van der Waals surface area (Å²) in [4.78, 5) is 4.76. The zero-order valence-corrected chi connectivity index (χ0v) is 12.2. The molecule has 0 bridgehead atoms. The van der Waals surface area contributed by atoms with E-state index in [0.29, 0.717) is 11.6 Å². The number of benzene rings is 1. The van der Waals surface area contributed by atoms with Gasteiger partial charge in [0.15, 0.2) is 0 Å². The fourth-order valence-corrected chi connectivity index (χ4v) is 2.44. The highest BCUT2D eigenvalue weighted by Crippen LogP contribution is 2.14. The number of nitrogens with zero attached hydrogens (tertiary/aromatic N) is 2. The Hall–Kier alpha value is -1.41. The van der Waals surface area contributed by atoms with Gasteiger partial charge >= 0.3 is 0 Å². The van der Waals surface area contributed by atoms with Crippen molar-refractivity contribution in [2.75, 3.05) is 33.2 Å². The maximum absolute atomic E-state index is 13.6. The lowest BCUT2D eigenvalue weighted by atomic mass is 10.1. The number of rotatable bonds is 2. The van der Waals surface area contributed by atoms with Crippen molar-refractivity contribution in [3.63, 3.8) is 0 Å². The minimum absolute atomic E-state index is 0.250. The van der Waals surface area contributed by atoms with Crippen LogP contribution >= 0.6 is 0 Å². The van der Waals surface area contributed by atoms with Crippen LogP contribution in [0.5, 0.6) is 0 Å². The standard InChI is InChI=1S/C16H22FN3/c1-13-11-20(9-8-19(13)2)12-14-5-6-16(17)15(10-14)4-3-7-18/h5-6,10,13H,7-9,11-12,18H2,1-2H3. The molecule has 0 saturated carbocycles. The molecule has 2 N–H and O–H groups in total. The van der Waals surface area contributed by atoms with Gasteiger partial charge in [0.2, 0.25) is 0 Å². The highest BCUT2D eigenvalue weighted by Gasteiger charge is 2.20. The van der Waals surface area contributed by atoms with Crippen LogP contribution in [-0.4, -0.2) is 49.1 Å². The molecule has 2 rings (SSSR count). The molecule has 108 valence electrons. The minimum Gasteiger partial charge on any atom is -0.320 e. The summed E-state index contributed by atoms with van der Waals surface area (Å²) in [6.45, 7) is 6.48. The van der Waals surface area contributed by atoms with Crippen molar-refractivity contribution in [3.8, 4) is 11.8 Å². The first kappa shape index (κ1) is 15.0. The minimum atomic E-state index is -0.276. The van der Waals surface area contributed by atoms with Gasteiger partial charge in [0.25, 0.3) is 0 Å². The second-order valence-corrected chi connectivity index (χ2v) is 5.38. The van der Waals surface area contributed by atoms with Crippen molar-refractivity contribution >= 4 is 0 Å². The third-order valence-corrected chi connectivity index (χ3v) is 3.81. The van der Waals surface area contributed by atoms with Crippen LogP contribution in [0, 0.1) is 17.7 Å². The lowest BCUT2D eigenvalue weighted by molar-refractivity contribution is 0.1000. The number of halogens is 1. The average molecular weight is 275 g/mol. The Morgan fingerprint density at radius 1 is 1.40 bits per heavy atom. The van der Waals surface area contributed by atoms with E-state index in [9.17, 15) is 4.39 Å². The molecular weight excluding hydrogens is 253 g/mol. The maximum atomic E-state index is 13.6. The van der Waals surface area contributed by atoms with Crippen LogP contribution < -0.4 is 5.73 Å². The van der Waals surface area contributed by atoms with Crippen LogP contribution in [0.25, 0.3) is 0 Å². The molecule has 0 spiro atoms. The van der Waals surface area contributed by atoms with E-state index in [1.54, 1.807) is 0 Å². The number of likely N-dealkylation sites (N-methyl/N-ethyl adjacent to an activating group) is 1. The molecule has 1 aromatic carbocycles. The Balaban J connectivity index is 2.06. The highest BCUT2D eigenvalue weighted by atomic mass is 19.1. The summed E-state index contributed by atoms with van der Waals surface area (Å²) in [6.07, 6.45) is 0. The van der Waals surface area contributed by atoms with Crippen LogP contribution in [0.4, 0.5) is 4.39 Å². The van der Waals surface area contributed by atoms with Crippen LogP contribution in [0.1, 0.15) is 18.1 Å². The van der Waals surface area contributed by atoms with Crippen LogP contribution in [-0.2, 0) is 6.54 Å². The third-order valence-electron chi connectivity index (χ3n) is 3.81. The highest BCUT2D eigenvalue weighted by molar-refractivity contribution is 5.38. The Morgan fingerprint density at radius 3 is 2.90 bits per heavy atom. The van der Waals surface area contributed by atoms with Gasteiger partial charge in [-0.1, -0.05) is 17.9 Å². The van der Waals surface area contributed by atoms with Crippen LogP contribution in [0.3, 0.4) is 0 Å². The largest absolute Gasteiger partial charge is 0.320 e. The average Bonchev–Trinajstić information content (AvgIpc) is 2.43. The lowest BCUT2D eigenvalue weighted by Crippen LogP contribution is -2.49. The zero-order valence-electron chi connectivity index (χ0n) is 12.2. The van der Waals surface area contributed by atoms with Gasteiger partial charge in [0, 0.05) is 32.2 Å². The van der Waals surface area contributed by atoms with Gasteiger partial charge in [-0.3, -0.25) is 4.90 Å². The monoisotopic (exact) mass is 275 g/mol. The Morgan fingerprint density at radius 2 is 2.20 bits per heavy atom. The van der Waals surface area contributed by atoms with Gasteiger partial charge in [-0.15, -0.1) is 0 Å². The zero-order chi connectivity index (χ0) is 14.5. The van der Waals surface area contributed by atoms with Crippen LogP contribution in [0.2, 0.25) is 0 Å². The van der Waals surface area contributed by atoms with Gasteiger partial charge in [0.1, 0.15) is 5.82 Å². The molecule has 1 fully saturated rings. The molecule has 0 aromatic heterocycles. The van der Waals surface area contributed by atoms with E-state index in [0.717, 1.165) is 31.7 Å². The molecule has 1 heterocycles. The summed E-state index contributed by atoms with van der Waals surface area (Å²) in [5, 5.41) is 0. The molecule has 20 heavy (non-hydrogen) atoms. The molecule has 1 atom stereocenters. The van der Waals surface area contributed by atoms with E-state index < -0.39 is 0 Å². The lowest BCUT2D eigenvalue weighted by Gasteiger charge is -2.37. The molecule has 1 aliphatic heterocycles. The molecule has 0 amide bonds. The fourth-order valence-electron chi connectivity index (χ4n) is 2.44. The molecule has 1 aliphatic rings. The predicted molar refractivity (Wildman–Crippen MR) is 79.7 cm³/mol. The summed E-state index contributed by atoms with van der Waals surface area (Å²) in [7, 11) is 2.15. The molecular formula is C16H22FN3. The summed E-state index contributed by atoms with van der Waals surface area (Å²) in [6, 6.07) is 5.73. The van der Waals surface area contributed by atoms with E-state index >= 15 is 0 Å². The summed E-state index contributed by atoms with van der Waals surface area (Å²) < 4.78 is 13.6. The van der Waals surface area contributed by atoms with Crippen LogP contribution in [0.15, 0.2) is 18.2 Å². The Bertz CT molecular complexity index is 518. The summed E-state index contributed by atoms with van der Waals surface area (Å²) in [5.41, 5.74) is 6.87. The quantitative estimate of drug-likeness (QED) is 0.825. The predicted octanol–water partition coefficient (Wildman–Crippen LogP) is 1.27. The van der Waals surface area contributed by atoms with E-state index in [4.69, 9.17) is 5.73 Å². The second kappa shape index (κ2) is 6.85. The van der Waals surface area contributed by atoms with Crippen molar-refractivity contribution in [3.05, 3.63) is 35.1 Å². The smallest absolute Gasteiger partial charge is 0.138 e. The second-order valence-electron chi connectivity index (χ2n) is 5.38. The summed E-state index contributed by atoms with van der Waals surface area (Å²) in [5.74, 6) is 5.22. The first-order chi connectivity index (χ1) is 9.60. The van der Waals surface area contributed by atoms with Gasteiger partial charge in [-0.25, -0.2) is 4.39 Å². The number of hydrogen-bond donors (Lipinski definition) is 1. The SMILES string of the molecule is CC1CN(Cc2ccc(F)c(C#CCN)c2)CCN1C. The van der Waals surface area contributed by atoms with Crippen molar-refractivity contribution in [2.24, 2.45) is 5.73 Å². The maximum Gasteiger partial charge on any atom is 0.138 e. The van der Waals surface area contributed by atoms with Gasteiger partial charge in [0.05, 0.1) is 12.1 Å². The molecule has 4 heteroatoms. The van der Waals surface area contributed by atoms with Gasteiger partial charge in [-0.2, -0.15) is 0 Å². The Labute approximate surface area is 120 Å². The van der Waals surface area contributed by atoms with Crippen molar-refractivity contribution in [1.82, 2.24) is 9.80 Å². The number of piperazine rings is 1. The molecule has 0 aliphatic carbocycles. The Kier molecular flexibility index (Phi) is 5.13. The first-order valence-corrected chi connectivity index (χ1v) is 7.00. The number of hydrogen-bond acceptors (Lipinski definition) is 3. The number of nitrogens with two attached hydrogens (primary N) is 1. The fraction of sp³-hybridized carbons (Fsp3) is 0.500. The van der Waals surface area contributed by atoms with E-state index in [1.165, 1.54) is 6.07 Å². The molecule has 1 saturated heterocycles. The van der Waals surface area contributed by atoms with Gasteiger partial charge in [-0.05, 0) is 31.7 Å². The van der Waals surface area contributed by atoms with E-state index in [1.807, 2.05) is 12.1 Å².